The number of piperazine rings is 1. The third kappa shape index (κ3) is 3.23. The number of methoxy groups -OCH3 is 2. The minimum Gasteiger partial charge on any atom is -0.493 e. The van der Waals surface area contributed by atoms with E-state index in [0.29, 0.717) is 17.1 Å². The van der Waals surface area contributed by atoms with Crippen molar-refractivity contribution < 1.29 is 19.0 Å². The standard InChI is InChI=1S/C27H25N3O4/c1-32-23-13-17-11-18-15-34-27(31)26(18)25(20(17)14-24(23)33-2)16-3-4-19-21(12-16)29-6-5-22(19)30-9-7-28-8-10-30/h3-6,11-14,28H,7-10,15H2,1-2H3. The van der Waals surface area contributed by atoms with E-state index in [2.05, 4.69) is 39.5 Å². The number of nitrogens with zero attached hydrogens (tertiary/aromatic N) is 2. The molecular weight excluding hydrogens is 430 g/mol. The number of carbonyl (C=O) groups excluding carboxylic acids is 1. The van der Waals surface area contributed by atoms with E-state index < -0.39 is 0 Å². The van der Waals surface area contributed by atoms with Gasteiger partial charge in [0.15, 0.2) is 11.5 Å². The van der Waals surface area contributed by atoms with Gasteiger partial charge in [-0.05, 0) is 46.7 Å². The molecule has 0 radical (unpaired) electrons. The van der Waals surface area contributed by atoms with Crippen LogP contribution in [0.4, 0.5) is 5.69 Å². The maximum absolute atomic E-state index is 12.8. The van der Waals surface area contributed by atoms with E-state index >= 15 is 0 Å². The van der Waals surface area contributed by atoms with Crippen molar-refractivity contribution in [3.63, 3.8) is 0 Å². The van der Waals surface area contributed by atoms with Crippen LogP contribution in [0.25, 0.3) is 32.8 Å². The lowest BCUT2D eigenvalue weighted by atomic mass is 9.89. The lowest BCUT2D eigenvalue weighted by molar-refractivity contribution is 0.0535. The van der Waals surface area contributed by atoms with Gasteiger partial charge in [0.25, 0.3) is 0 Å². The van der Waals surface area contributed by atoms with Crippen molar-refractivity contribution in [1.29, 1.82) is 0 Å². The number of pyridine rings is 1. The van der Waals surface area contributed by atoms with Crippen molar-refractivity contribution in [3.05, 3.63) is 59.8 Å². The number of carbonyl (C=O) groups is 1. The lowest BCUT2D eigenvalue weighted by Gasteiger charge is -2.30. The summed E-state index contributed by atoms with van der Waals surface area (Å²) < 4.78 is 16.5. The van der Waals surface area contributed by atoms with Crippen LogP contribution in [0, 0.1) is 0 Å². The Labute approximate surface area is 197 Å². The quantitative estimate of drug-likeness (QED) is 0.464. The van der Waals surface area contributed by atoms with Crippen molar-refractivity contribution in [2.75, 3.05) is 45.3 Å². The van der Waals surface area contributed by atoms with Crippen LogP contribution in [0.5, 0.6) is 11.5 Å². The van der Waals surface area contributed by atoms with Gasteiger partial charge in [-0.2, -0.15) is 0 Å². The monoisotopic (exact) mass is 455 g/mol. The van der Waals surface area contributed by atoms with Crippen LogP contribution >= 0.6 is 0 Å². The fraction of sp³-hybridized carbons (Fsp3) is 0.259. The third-order valence-corrected chi connectivity index (χ3v) is 6.75. The Morgan fingerprint density at radius 3 is 2.53 bits per heavy atom. The highest BCUT2D eigenvalue weighted by atomic mass is 16.5. The number of aromatic nitrogens is 1. The molecule has 7 heteroatoms. The normalized spacial score (nSPS) is 15.5. The number of cyclic esters (lactones) is 1. The molecule has 1 N–H and O–H groups in total. The summed E-state index contributed by atoms with van der Waals surface area (Å²) in [4.78, 5) is 19.9. The van der Waals surface area contributed by atoms with Gasteiger partial charge in [-0.1, -0.05) is 12.1 Å². The summed E-state index contributed by atoms with van der Waals surface area (Å²) >= 11 is 0. The smallest absolute Gasteiger partial charge is 0.339 e. The number of fused-ring (bicyclic) bond motifs is 3. The van der Waals surface area contributed by atoms with E-state index in [1.807, 2.05) is 24.4 Å². The molecule has 7 nitrogen and oxygen atoms in total. The molecule has 0 amide bonds. The minimum atomic E-state index is -0.302. The maximum Gasteiger partial charge on any atom is 0.339 e. The van der Waals surface area contributed by atoms with Gasteiger partial charge in [0, 0.05) is 54.6 Å². The number of nitrogens with one attached hydrogen (secondary N) is 1. The van der Waals surface area contributed by atoms with Crippen LogP contribution in [-0.2, 0) is 11.3 Å². The van der Waals surface area contributed by atoms with Gasteiger partial charge >= 0.3 is 5.97 Å². The van der Waals surface area contributed by atoms with E-state index in [1.165, 1.54) is 5.69 Å². The van der Waals surface area contributed by atoms with Gasteiger partial charge in [0.1, 0.15) is 6.61 Å². The largest absolute Gasteiger partial charge is 0.493 e. The molecule has 0 unspecified atom stereocenters. The van der Waals surface area contributed by atoms with Gasteiger partial charge in [-0.25, -0.2) is 4.79 Å². The number of benzene rings is 3. The molecule has 1 aromatic heterocycles. The molecule has 2 aliphatic rings. The van der Waals surface area contributed by atoms with Gasteiger partial charge in [0.05, 0.1) is 25.3 Å². The maximum atomic E-state index is 12.8. The molecule has 0 aliphatic carbocycles. The van der Waals surface area contributed by atoms with E-state index in [-0.39, 0.29) is 12.6 Å². The fourth-order valence-electron chi connectivity index (χ4n) is 5.12. The molecule has 1 fully saturated rings. The molecule has 4 aromatic rings. The topological polar surface area (TPSA) is 72.9 Å². The molecule has 2 aliphatic heterocycles. The molecule has 6 rings (SSSR count). The Balaban J connectivity index is 1.59. The van der Waals surface area contributed by atoms with Crippen molar-refractivity contribution >= 4 is 33.3 Å². The predicted molar refractivity (Wildman–Crippen MR) is 132 cm³/mol. The van der Waals surface area contributed by atoms with E-state index in [1.54, 1.807) is 14.2 Å². The number of ether oxygens (including phenoxy) is 3. The summed E-state index contributed by atoms with van der Waals surface area (Å²) in [5, 5.41) is 6.38. The van der Waals surface area contributed by atoms with Crippen molar-refractivity contribution in [2.24, 2.45) is 0 Å². The first kappa shape index (κ1) is 20.7. The van der Waals surface area contributed by atoms with E-state index in [4.69, 9.17) is 14.2 Å². The van der Waals surface area contributed by atoms with Crippen LogP contribution in [-0.4, -0.2) is 51.4 Å². The summed E-state index contributed by atoms with van der Waals surface area (Å²) in [5.41, 5.74) is 5.33. The zero-order valence-electron chi connectivity index (χ0n) is 19.2. The second-order valence-electron chi connectivity index (χ2n) is 8.59. The van der Waals surface area contributed by atoms with E-state index in [9.17, 15) is 4.79 Å². The first-order valence-corrected chi connectivity index (χ1v) is 11.4. The first-order chi connectivity index (χ1) is 16.7. The highest BCUT2D eigenvalue weighted by Crippen LogP contribution is 2.43. The third-order valence-electron chi connectivity index (χ3n) is 6.75. The van der Waals surface area contributed by atoms with Crippen LogP contribution in [0.1, 0.15) is 15.9 Å². The minimum absolute atomic E-state index is 0.268. The molecule has 34 heavy (non-hydrogen) atoms. The zero-order valence-corrected chi connectivity index (χ0v) is 19.2. The van der Waals surface area contributed by atoms with Gasteiger partial charge in [-0.3, -0.25) is 4.98 Å². The van der Waals surface area contributed by atoms with Gasteiger partial charge in [0.2, 0.25) is 0 Å². The molecule has 3 aromatic carbocycles. The highest BCUT2D eigenvalue weighted by Gasteiger charge is 2.28. The van der Waals surface area contributed by atoms with E-state index in [0.717, 1.165) is 64.5 Å². The van der Waals surface area contributed by atoms with Crippen LogP contribution < -0.4 is 19.7 Å². The summed E-state index contributed by atoms with van der Waals surface area (Å²) in [6, 6.07) is 14.2. The molecule has 0 saturated carbocycles. The SMILES string of the molecule is COc1cc2cc3c(c(-c4ccc5c(N6CCNCC6)ccnc5c4)c2cc1OC)C(=O)OC3. The number of anilines is 1. The summed E-state index contributed by atoms with van der Waals surface area (Å²) in [6.45, 7) is 4.13. The first-order valence-electron chi connectivity index (χ1n) is 11.4. The highest BCUT2D eigenvalue weighted by molar-refractivity contribution is 6.12. The molecule has 172 valence electrons. The van der Waals surface area contributed by atoms with Crippen molar-refractivity contribution in [2.45, 2.75) is 6.61 Å². The summed E-state index contributed by atoms with van der Waals surface area (Å²) in [6.07, 6.45) is 1.86. The van der Waals surface area contributed by atoms with Crippen LogP contribution in [0.2, 0.25) is 0 Å². The second kappa shape index (κ2) is 8.18. The van der Waals surface area contributed by atoms with Crippen molar-refractivity contribution in [1.82, 2.24) is 10.3 Å². The molecular formula is C27H25N3O4. The number of hydrogen-bond acceptors (Lipinski definition) is 7. The molecule has 3 heterocycles. The number of rotatable bonds is 4. The zero-order chi connectivity index (χ0) is 23.2. The summed E-state index contributed by atoms with van der Waals surface area (Å²) in [7, 11) is 3.23. The number of hydrogen-bond donors (Lipinski definition) is 1. The van der Waals surface area contributed by atoms with Crippen LogP contribution in [0.15, 0.2) is 48.7 Å². The average Bonchev–Trinajstić information content (AvgIpc) is 3.26. The molecule has 1 saturated heterocycles. The second-order valence-corrected chi connectivity index (χ2v) is 8.59. The lowest BCUT2D eigenvalue weighted by Crippen LogP contribution is -2.43. The Hall–Kier alpha value is -3.84. The fourth-order valence-corrected chi connectivity index (χ4v) is 5.12. The van der Waals surface area contributed by atoms with Gasteiger partial charge in [-0.15, -0.1) is 0 Å². The molecule has 0 bridgehead atoms. The Bertz CT molecular complexity index is 1440. The molecule has 0 spiro atoms. The van der Waals surface area contributed by atoms with Gasteiger partial charge < -0.3 is 24.4 Å². The average molecular weight is 456 g/mol. The molecule has 0 atom stereocenters. The Morgan fingerprint density at radius 1 is 0.941 bits per heavy atom. The Kier molecular flexibility index (Phi) is 4.99. The number of esters is 1. The van der Waals surface area contributed by atoms with Crippen molar-refractivity contribution in [3.8, 4) is 22.6 Å². The van der Waals surface area contributed by atoms with Crippen LogP contribution in [0.3, 0.4) is 0 Å². The Morgan fingerprint density at radius 2 is 1.74 bits per heavy atom. The summed E-state index contributed by atoms with van der Waals surface area (Å²) in [5.74, 6) is 0.957. The predicted octanol–water partition coefficient (Wildman–Crippen LogP) is 4.15.